The Morgan fingerprint density at radius 2 is 2.03 bits per heavy atom. The highest BCUT2D eigenvalue weighted by atomic mass is 32.1. The van der Waals surface area contributed by atoms with Crippen molar-refractivity contribution in [2.24, 2.45) is 0 Å². The molecule has 1 saturated heterocycles. The average Bonchev–Trinajstić information content (AvgIpc) is 3.48. The quantitative estimate of drug-likeness (QED) is 0.655. The number of nitrogens with zero attached hydrogens (tertiary/aromatic N) is 4. The summed E-state index contributed by atoms with van der Waals surface area (Å²) in [6, 6.07) is 12.8. The van der Waals surface area contributed by atoms with E-state index in [2.05, 4.69) is 61.8 Å². The first kappa shape index (κ1) is 18.5. The summed E-state index contributed by atoms with van der Waals surface area (Å²) in [5.41, 5.74) is 2.55. The van der Waals surface area contributed by atoms with Gasteiger partial charge in [-0.2, -0.15) is 0 Å². The number of fused-ring (bicyclic) bond motifs is 1. The van der Waals surface area contributed by atoms with Crippen LogP contribution in [0.2, 0.25) is 0 Å². The molecule has 0 radical (unpaired) electrons. The Kier molecular flexibility index (Phi) is 4.93. The summed E-state index contributed by atoms with van der Waals surface area (Å²) in [5, 5.41) is 10.4. The number of hydrogen-bond acceptors (Lipinski definition) is 6. The van der Waals surface area contributed by atoms with Gasteiger partial charge in [-0.05, 0) is 41.8 Å². The van der Waals surface area contributed by atoms with Crippen LogP contribution >= 0.6 is 11.3 Å². The highest BCUT2D eigenvalue weighted by molar-refractivity contribution is 7.10. The van der Waals surface area contributed by atoms with Crippen molar-refractivity contribution < 1.29 is 9.21 Å². The van der Waals surface area contributed by atoms with Gasteiger partial charge < -0.3 is 9.32 Å². The van der Waals surface area contributed by atoms with E-state index in [0.717, 1.165) is 25.8 Å². The van der Waals surface area contributed by atoms with Crippen molar-refractivity contribution in [1.82, 2.24) is 20.0 Å². The average molecular weight is 409 g/mol. The van der Waals surface area contributed by atoms with Gasteiger partial charge in [0.1, 0.15) is 0 Å². The highest BCUT2D eigenvalue weighted by Crippen LogP contribution is 2.36. The second-order valence-corrected chi connectivity index (χ2v) is 8.79. The molecular weight excluding hydrogens is 384 g/mol. The Morgan fingerprint density at radius 1 is 1.17 bits per heavy atom. The molecular formula is C22H24N4O2S. The van der Waals surface area contributed by atoms with E-state index >= 15 is 0 Å². The number of rotatable bonds is 4. The van der Waals surface area contributed by atoms with E-state index in [1.807, 2.05) is 0 Å². The third-order valence-corrected chi connectivity index (χ3v) is 6.93. The number of amides is 1. The Labute approximate surface area is 174 Å². The van der Waals surface area contributed by atoms with Crippen molar-refractivity contribution in [1.29, 1.82) is 0 Å². The van der Waals surface area contributed by atoms with Crippen molar-refractivity contribution >= 4 is 17.2 Å². The van der Waals surface area contributed by atoms with Gasteiger partial charge in [0.25, 0.3) is 0 Å². The summed E-state index contributed by atoms with van der Waals surface area (Å²) in [4.78, 5) is 18.9. The van der Waals surface area contributed by atoms with Crippen LogP contribution in [0.1, 0.15) is 52.7 Å². The van der Waals surface area contributed by atoms with Crippen LogP contribution in [0.25, 0.3) is 0 Å². The SMILES string of the molecule is Cc1nnc(C2Cc3ccccc3CN2CC(=O)N2CCCC2c2cccs2)o1. The van der Waals surface area contributed by atoms with Gasteiger partial charge in [0, 0.05) is 24.9 Å². The van der Waals surface area contributed by atoms with E-state index in [1.54, 1.807) is 18.3 Å². The summed E-state index contributed by atoms with van der Waals surface area (Å²) >= 11 is 1.74. The first-order valence-corrected chi connectivity index (χ1v) is 11.0. The van der Waals surface area contributed by atoms with E-state index in [9.17, 15) is 4.79 Å². The number of hydrogen-bond donors (Lipinski definition) is 0. The molecule has 1 aromatic carbocycles. The molecule has 5 rings (SSSR count). The maximum Gasteiger partial charge on any atom is 0.237 e. The Hall–Kier alpha value is -2.51. The first-order chi connectivity index (χ1) is 14.2. The summed E-state index contributed by atoms with van der Waals surface area (Å²) in [7, 11) is 0. The standard InChI is InChI=1S/C22H24N4O2S/c1-15-23-24-22(28-15)19-12-16-6-2-3-7-17(16)13-25(19)14-21(27)26-10-4-8-18(26)20-9-5-11-29-20/h2-3,5-7,9,11,18-19H,4,8,10,12-14H2,1H3. The van der Waals surface area contributed by atoms with Crippen molar-refractivity contribution in [2.45, 2.75) is 44.8 Å². The van der Waals surface area contributed by atoms with Crippen LogP contribution in [0.3, 0.4) is 0 Å². The number of aryl methyl sites for hydroxylation is 1. The lowest BCUT2D eigenvalue weighted by atomic mass is 9.94. The lowest BCUT2D eigenvalue weighted by Gasteiger charge is -2.36. The van der Waals surface area contributed by atoms with Crippen LogP contribution in [0.15, 0.2) is 46.2 Å². The Morgan fingerprint density at radius 3 is 2.79 bits per heavy atom. The molecule has 3 aromatic rings. The van der Waals surface area contributed by atoms with Crippen molar-refractivity contribution in [2.75, 3.05) is 13.1 Å². The van der Waals surface area contributed by atoms with Gasteiger partial charge in [0.05, 0.1) is 18.6 Å². The zero-order chi connectivity index (χ0) is 19.8. The molecule has 1 amide bonds. The monoisotopic (exact) mass is 408 g/mol. The summed E-state index contributed by atoms with van der Waals surface area (Å²) < 4.78 is 5.77. The summed E-state index contributed by atoms with van der Waals surface area (Å²) in [6.07, 6.45) is 2.88. The van der Waals surface area contributed by atoms with Gasteiger partial charge in [0.15, 0.2) is 0 Å². The Balaban J connectivity index is 1.39. The maximum atomic E-state index is 13.3. The van der Waals surface area contributed by atoms with Crippen LogP contribution in [0, 0.1) is 6.92 Å². The van der Waals surface area contributed by atoms with Crippen LogP contribution in [-0.4, -0.2) is 39.0 Å². The van der Waals surface area contributed by atoms with Crippen molar-refractivity contribution in [3.63, 3.8) is 0 Å². The zero-order valence-electron chi connectivity index (χ0n) is 16.5. The maximum absolute atomic E-state index is 13.3. The number of benzene rings is 1. The van der Waals surface area contributed by atoms with E-state index in [4.69, 9.17) is 4.42 Å². The molecule has 2 unspecified atom stereocenters. The molecule has 0 aliphatic carbocycles. The number of carbonyl (C=O) groups is 1. The van der Waals surface area contributed by atoms with Gasteiger partial charge in [-0.1, -0.05) is 30.3 Å². The lowest BCUT2D eigenvalue weighted by molar-refractivity contribution is -0.134. The van der Waals surface area contributed by atoms with E-state index in [0.29, 0.717) is 24.9 Å². The molecule has 2 aromatic heterocycles. The van der Waals surface area contributed by atoms with Crippen molar-refractivity contribution in [3.05, 3.63) is 69.6 Å². The van der Waals surface area contributed by atoms with Gasteiger partial charge in [0.2, 0.25) is 17.7 Å². The number of likely N-dealkylation sites (tertiary alicyclic amines) is 1. The van der Waals surface area contributed by atoms with Crippen LogP contribution in [-0.2, 0) is 17.8 Å². The smallest absolute Gasteiger partial charge is 0.237 e. The van der Waals surface area contributed by atoms with Crippen LogP contribution in [0.5, 0.6) is 0 Å². The second kappa shape index (κ2) is 7.72. The first-order valence-electron chi connectivity index (χ1n) is 10.1. The molecule has 0 N–H and O–H groups in total. The molecule has 2 aliphatic rings. The fourth-order valence-corrected chi connectivity index (χ4v) is 5.41. The van der Waals surface area contributed by atoms with Gasteiger partial charge in [-0.3, -0.25) is 9.69 Å². The molecule has 6 nitrogen and oxygen atoms in total. The largest absolute Gasteiger partial charge is 0.424 e. The minimum absolute atomic E-state index is 0.0714. The molecule has 0 saturated carbocycles. The fourth-order valence-electron chi connectivity index (χ4n) is 4.54. The molecule has 1 fully saturated rings. The zero-order valence-corrected chi connectivity index (χ0v) is 17.3. The third-order valence-electron chi connectivity index (χ3n) is 5.96. The van der Waals surface area contributed by atoms with E-state index < -0.39 is 0 Å². The topological polar surface area (TPSA) is 62.5 Å². The third kappa shape index (κ3) is 3.60. The van der Waals surface area contributed by atoms with Crippen LogP contribution in [0.4, 0.5) is 0 Å². The number of thiophene rings is 1. The minimum atomic E-state index is -0.0714. The molecule has 2 aliphatic heterocycles. The predicted octanol–water partition coefficient (Wildman–Crippen LogP) is 3.90. The molecule has 29 heavy (non-hydrogen) atoms. The van der Waals surface area contributed by atoms with Crippen molar-refractivity contribution in [3.8, 4) is 0 Å². The van der Waals surface area contributed by atoms with Crippen LogP contribution < -0.4 is 0 Å². The van der Waals surface area contributed by atoms with E-state index in [-0.39, 0.29) is 18.0 Å². The molecule has 2 atom stereocenters. The van der Waals surface area contributed by atoms with Gasteiger partial charge in [-0.15, -0.1) is 21.5 Å². The van der Waals surface area contributed by atoms with Gasteiger partial charge >= 0.3 is 0 Å². The minimum Gasteiger partial charge on any atom is -0.424 e. The molecule has 0 bridgehead atoms. The predicted molar refractivity (Wildman–Crippen MR) is 110 cm³/mol. The molecule has 4 heterocycles. The van der Waals surface area contributed by atoms with Gasteiger partial charge in [-0.25, -0.2) is 0 Å². The Bertz CT molecular complexity index is 1000. The normalized spacial score (nSPS) is 22.0. The molecule has 0 spiro atoms. The fraction of sp³-hybridized carbons (Fsp3) is 0.409. The molecule has 7 heteroatoms. The number of carbonyl (C=O) groups excluding carboxylic acids is 1. The highest BCUT2D eigenvalue weighted by Gasteiger charge is 2.36. The molecule has 150 valence electrons. The summed E-state index contributed by atoms with van der Waals surface area (Å²) in [5.74, 6) is 1.34. The lowest BCUT2D eigenvalue weighted by Crippen LogP contribution is -2.43. The number of aromatic nitrogens is 2. The van der Waals surface area contributed by atoms with E-state index in [1.165, 1.54) is 16.0 Å². The second-order valence-electron chi connectivity index (χ2n) is 7.81. The summed E-state index contributed by atoms with van der Waals surface area (Å²) in [6.45, 7) is 3.71.